The molecule has 0 amide bonds. The average molecular weight is 322 g/mol. The maximum atomic E-state index is 13.8. The molecule has 1 heterocycles. The molecular weight excluding hydrogens is 312 g/mol. The molecule has 0 bridgehead atoms. The molecule has 0 aliphatic heterocycles. The summed E-state index contributed by atoms with van der Waals surface area (Å²) in [4.78, 5) is 0. The van der Waals surface area contributed by atoms with Crippen LogP contribution in [0.5, 0.6) is 5.75 Å². The summed E-state index contributed by atoms with van der Waals surface area (Å²) in [6.07, 6.45) is -4.80. The highest BCUT2D eigenvalue weighted by molar-refractivity contribution is 5.72. The van der Waals surface area contributed by atoms with Gasteiger partial charge in [-0.05, 0) is 30.3 Å². The van der Waals surface area contributed by atoms with Gasteiger partial charge >= 0.3 is 6.36 Å². The lowest BCUT2D eigenvalue weighted by molar-refractivity contribution is -0.274. The summed E-state index contributed by atoms with van der Waals surface area (Å²) >= 11 is 0. The molecule has 2 aromatic carbocycles. The third-order valence-corrected chi connectivity index (χ3v) is 3.13. The molecule has 0 saturated heterocycles. The Bertz CT molecular complexity index is 827. The van der Waals surface area contributed by atoms with Crippen molar-refractivity contribution in [1.82, 2.24) is 10.2 Å². The van der Waals surface area contributed by atoms with Crippen molar-refractivity contribution in [3.63, 3.8) is 0 Å². The van der Waals surface area contributed by atoms with E-state index in [1.165, 1.54) is 30.3 Å². The molecule has 0 fully saturated rings. The molecular formula is C16H10F4N2O. The Kier molecular flexibility index (Phi) is 3.77. The van der Waals surface area contributed by atoms with Crippen LogP contribution < -0.4 is 4.74 Å². The summed E-state index contributed by atoms with van der Waals surface area (Å²) in [5.41, 5.74) is 1.02. The number of nitrogens with one attached hydrogen (secondary N) is 1. The van der Waals surface area contributed by atoms with Gasteiger partial charge in [0.2, 0.25) is 0 Å². The van der Waals surface area contributed by atoms with Crippen LogP contribution in [0.2, 0.25) is 0 Å². The maximum absolute atomic E-state index is 13.8. The molecule has 3 rings (SSSR count). The molecule has 7 heteroatoms. The molecule has 1 aromatic heterocycles. The minimum absolute atomic E-state index is 0.156. The van der Waals surface area contributed by atoms with Crippen LogP contribution in [0, 0.1) is 5.82 Å². The van der Waals surface area contributed by atoms with Gasteiger partial charge in [-0.25, -0.2) is 4.39 Å². The van der Waals surface area contributed by atoms with Gasteiger partial charge in [-0.1, -0.05) is 24.3 Å². The average Bonchev–Trinajstić information content (AvgIpc) is 2.96. The minimum Gasteiger partial charge on any atom is -0.405 e. The predicted molar refractivity (Wildman–Crippen MR) is 76.1 cm³/mol. The van der Waals surface area contributed by atoms with E-state index in [2.05, 4.69) is 14.9 Å². The normalized spacial score (nSPS) is 11.5. The van der Waals surface area contributed by atoms with Gasteiger partial charge in [0.15, 0.2) is 0 Å². The summed E-state index contributed by atoms with van der Waals surface area (Å²) in [5, 5.41) is 6.58. The Balaban J connectivity index is 2.00. The summed E-state index contributed by atoms with van der Waals surface area (Å²) in [7, 11) is 0. The highest BCUT2D eigenvalue weighted by atomic mass is 19.4. The van der Waals surface area contributed by atoms with Gasteiger partial charge in [-0.3, -0.25) is 5.10 Å². The van der Waals surface area contributed by atoms with Crippen LogP contribution in [-0.2, 0) is 0 Å². The highest BCUT2D eigenvalue weighted by Gasteiger charge is 2.32. The number of hydrogen-bond donors (Lipinski definition) is 1. The van der Waals surface area contributed by atoms with Crippen molar-refractivity contribution in [2.75, 3.05) is 0 Å². The third kappa shape index (κ3) is 3.33. The highest BCUT2D eigenvalue weighted by Crippen LogP contribution is 2.34. The zero-order valence-electron chi connectivity index (χ0n) is 11.6. The van der Waals surface area contributed by atoms with Crippen LogP contribution in [0.15, 0.2) is 54.6 Å². The first-order chi connectivity index (χ1) is 10.9. The fourth-order valence-electron chi connectivity index (χ4n) is 2.17. The Morgan fingerprint density at radius 2 is 1.57 bits per heavy atom. The van der Waals surface area contributed by atoms with Crippen LogP contribution in [-0.4, -0.2) is 16.6 Å². The minimum atomic E-state index is -4.80. The summed E-state index contributed by atoms with van der Waals surface area (Å²) in [5.74, 6) is -0.825. The SMILES string of the molecule is Fc1ccccc1-c1cc(-c2ccccc2OC(F)(F)F)n[nH]1. The van der Waals surface area contributed by atoms with E-state index in [-0.39, 0.29) is 22.6 Å². The zero-order chi connectivity index (χ0) is 16.4. The van der Waals surface area contributed by atoms with Crippen LogP contribution in [0.4, 0.5) is 17.6 Å². The number of aromatic amines is 1. The Morgan fingerprint density at radius 3 is 2.26 bits per heavy atom. The molecule has 0 aliphatic carbocycles. The lowest BCUT2D eigenvalue weighted by Gasteiger charge is -2.11. The third-order valence-electron chi connectivity index (χ3n) is 3.13. The maximum Gasteiger partial charge on any atom is 0.573 e. The van der Waals surface area contributed by atoms with E-state index in [1.54, 1.807) is 24.3 Å². The van der Waals surface area contributed by atoms with Crippen LogP contribution in [0.1, 0.15) is 0 Å². The first kappa shape index (κ1) is 15.1. The largest absolute Gasteiger partial charge is 0.573 e. The molecule has 0 spiro atoms. The number of ether oxygens (including phenoxy) is 1. The van der Waals surface area contributed by atoms with E-state index in [0.29, 0.717) is 5.69 Å². The van der Waals surface area contributed by atoms with Gasteiger partial charge in [0.1, 0.15) is 11.6 Å². The molecule has 3 nitrogen and oxygen atoms in total. The summed E-state index contributed by atoms with van der Waals surface area (Å²) in [6.45, 7) is 0. The van der Waals surface area contributed by atoms with E-state index in [1.807, 2.05) is 0 Å². The molecule has 3 aromatic rings. The van der Waals surface area contributed by atoms with E-state index < -0.39 is 12.2 Å². The molecule has 118 valence electrons. The fourth-order valence-corrected chi connectivity index (χ4v) is 2.17. The number of halogens is 4. The number of para-hydroxylation sites is 1. The molecule has 1 N–H and O–H groups in total. The molecule has 0 radical (unpaired) electrons. The second-order valence-corrected chi connectivity index (χ2v) is 4.69. The quantitative estimate of drug-likeness (QED) is 0.705. The number of aromatic nitrogens is 2. The Labute approximate surface area is 128 Å². The number of nitrogens with zero attached hydrogens (tertiary/aromatic N) is 1. The monoisotopic (exact) mass is 322 g/mol. The van der Waals surface area contributed by atoms with Crippen LogP contribution >= 0.6 is 0 Å². The first-order valence-electron chi connectivity index (χ1n) is 6.59. The van der Waals surface area contributed by atoms with Gasteiger partial charge in [-0.15, -0.1) is 13.2 Å². The zero-order valence-corrected chi connectivity index (χ0v) is 11.6. The Morgan fingerprint density at radius 1 is 0.913 bits per heavy atom. The second kappa shape index (κ2) is 5.75. The van der Waals surface area contributed by atoms with Crippen molar-refractivity contribution in [3.8, 4) is 28.3 Å². The molecule has 0 atom stereocenters. The van der Waals surface area contributed by atoms with Crippen molar-refractivity contribution in [3.05, 3.63) is 60.4 Å². The van der Waals surface area contributed by atoms with Gasteiger partial charge < -0.3 is 4.74 Å². The number of rotatable bonds is 3. The van der Waals surface area contributed by atoms with Crippen molar-refractivity contribution in [2.24, 2.45) is 0 Å². The van der Waals surface area contributed by atoms with Gasteiger partial charge in [0.05, 0.1) is 11.4 Å². The standard InChI is InChI=1S/C16H10F4N2O/c17-12-7-3-1-5-10(12)13-9-14(22-21-13)11-6-2-4-8-15(11)23-16(18,19)20/h1-9H,(H,21,22). The number of benzene rings is 2. The summed E-state index contributed by atoms with van der Waals surface area (Å²) < 4.78 is 55.1. The van der Waals surface area contributed by atoms with Crippen LogP contribution in [0.3, 0.4) is 0 Å². The van der Waals surface area contributed by atoms with Gasteiger partial charge in [0.25, 0.3) is 0 Å². The van der Waals surface area contributed by atoms with Crippen molar-refractivity contribution in [1.29, 1.82) is 0 Å². The lowest BCUT2D eigenvalue weighted by Crippen LogP contribution is -2.17. The molecule has 0 saturated carbocycles. The lowest BCUT2D eigenvalue weighted by atomic mass is 10.1. The van der Waals surface area contributed by atoms with E-state index in [4.69, 9.17) is 0 Å². The topological polar surface area (TPSA) is 37.9 Å². The number of H-pyrrole nitrogens is 1. The van der Waals surface area contributed by atoms with Crippen molar-refractivity contribution >= 4 is 0 Å². The van der Waals surface area contributed by atoms with Crippen molar-refractivity contribution in [2.45, 2.75) is 6.36 Å². The fraction of sp³-hybridized carbons (Fsp3) is 0.0625. The van der Waals surface area contributed by atoms with Gasteiger partial charge in [0, 0.05) is 11.1 Å². The van der Waals surface area contributed by atoms with Crippen molar-refractivity contribution < 1.29 is 22.3 Å². The van der Waals surface area contributed by atoms with Gasteiger partial charge in [-0.2, -0.15) is 5.10 Å². The van der Waals surface area contributed by atoms with Crippen LogP contribution in [0.25, 0.3) is 22.5 Å². The molecule has 23 heavy (non-hydrogen) atoms. The second-order valence-electron chi connectivity index (χ2n) is 4.69. The van der Waals surface area contributed by atoms with E-state index in [0.717, 1.165) is 0 Å². The first-order valence-corrected chi connectivity index (χ1v) is 6.59. The summed E-state index contributed by atoms with van der Waals surface area (Å²) in [6, 6.07) is 13.1. The molecule has 0 unspecified atom stereocenters. The van der Waals surface area contributed by atoms with E-state index >= 15 is 0 Å². The number of alkyl halides is 3. The van der Waals surface area contributed by atoms with E-state index in [9.17, 15) is 17.6 Å². The molecule has 0 aliphatic rings. The Hall–Kier alpha value is -2.83. The smallest absolute Gasteiger partial charge is 0.405 e. The predicted octanol–water partition coefficient (Wildman–Crippen LogP) is 4.78. The number of hydrogen-bond acceptors (Lipinski definition) is 2.